The van der Waals surface area contributed by atoms with Crippen LogP contribution in [0.3, 0.4) is 0 Å². The first kappa shape index (κ1) is 24.9. The highest BCUT2D eigenvalue weighted by Crippen LogP contribution is 2.34. The van der Waals surface area contributed by atoms with Crippen molar-refractivity contribution < 1.29 is 23.8 Å². The van der Waals surface area contributed by atoms with Crippen LogP contribution in [0, 0.1) is 0 Å². The van der Waals surface area contributed by atoms with E-state index in [0.29, 0.717) is 29.2 Å². The second-order valence-electron chi connectivity index (χ2n) is 6.91. The molecule has 0 bridgehead atoms. The number of halogens is 2. The first-order valence-electron chi connectivity index (χ1n) is 9.95. The average Bonchev–Trinajstić information content (AvgIpc) is 2.82. The van der Waals surface area contributed by atoms with Crippen LogP contribution in [0.4, 0.5) is 0 Å². The highest BCUT2D eigenvalue weighted by molar-refractivity contribution is 6.37. The van der Waals surface area contributed by atoms with Gasteiger partial charge in [-0.05, 0) is 41.5 Å². The predicted molar refractivity (Wildman–Crippen MR) is 130 cm³/mol. The molecule has 176 valence electrons. The summed E-state index contributed by atoms with van der Waals surface area (Å²) in [6.07, 6.45) is 1.36. The molecule has 0 aromatic heterocycles. The third-order valence-electron chi connectivity index (χ3n) is 4.42. The molecule has 0 saturated carbocycles. The number of hydrogen-bond donors (Lipinski definition) is 2. The van der Waals surface area contributed by atoms with Gasteiger partial charge in [-0.2, -0.15) is 5.10 Å². The Labute approximate surface area is 206 Å². The fourth-order valence-electron chi connectivity index (χ4n) is 2.83. The van der Waals surface area contributed by atoms with E-state index >= 15 is 0 Å². The lowest BCUT2D eigenvalue weighted by atomic mass is 10.2. The molecule has 3 rings (SSSR count). The number of rotatable bonds is 10. The Bertz CT molecular complexity index is 1180. The van der Waals surface area contributed by atoms with Gasteiger partial charge in [0, 0.05) is 5.56 Å². The van der Waals surface area contributed by atoms with Crippen LogP contribution >= 0.6 is 23.2 Å². The molecule has 8 nitrogen and oxygen atoms in total. The smallest absolute Gasteiger partial charge is 0.271 e. The predicted octanol–water partition coefficient (Wildman–Crippen LogP) is 4.21. The van der Waals surface area contributed by atoms with Crippen molar-refractivity contribution in [2.45, 2.75) is 6.61 Å². The Morgan fingerprint density at radius 1 is 1.00 bits per heavy atom. The molecule has 10 heteroatoms. The normalized spacial score (nSPS) is 10.7. The zero-order chi connectivity index (χ0) is 24.5. The molecule has 0 saturated heterocycles. The molecule has 0 fully saturated rings. The maximum absolute atomic E-state index is 12.5. The zero-order valence-corrected chi connectivity index (χ0v) is 19.6. The number of primary amides is 1. The first-order chi connectivity index (χ1) is 16.4. The number of methoxy groups -OCH3 is 1. The molecular formula is C24H21Cl2N3O5. The second-order valence-corrected chi connectivity index (χ2v) is 7.72. The lowest BCUT2D eigenvalue weighted by molar-refractivity contribution is -0.119. The Kier molecular flexibility index (Phi) is 8.73. The Morgan fingerprint density at radius 3 is 2.35 bits per heavy atom. The number of benzene rings is 3. The summed E-state index contributed by atoms with van der Waals surface area (Å²) < 4.78 is 16.3. The fraction of sp³-hybridized carbons (Fsp3) is 0.125. The van der Waals surface area contributed by atoms with Gasteiger partial charge in [-0.25, -0.2) is 5.43 Å². The summed E-state index contributed by atoms with van der Waals surface area (Å²) in [7, 11) is 1.49. The second kappa shape index (κ2) is 11.9. The molecular weight excluding hydrogens is 481 g/mol. The fourth-order valence-corrected chi connectivity index (χ4v) is 3.44. The molecule has 3 aromatic carbocycles. The largest absolute Gasteiger partial charge is 0.493 e. The molecule has 0 heterocycles. The van der Waals surface area contributed by atoms with E-state index in [0.717, 1.165) is 5.56 Å². The Balaban J connectivity index is 1.63. The number of hydrogen-bond acceptors (Lipinski definition) is 6. The molecule has 0 aliphatic carbocycles. The third kappa shape index (κ3) is 6.87. The van der Waals surface area contributed by atoms with Gasteiger partial charge >= 0.3 is 0 Å². The van der Waals surface area contributed by atoms with E-state index in [4.69, 9.17) is 43.1 Å². The van der Waals surface area contributed by atoms with Crippen LogP contribution in [-0.4, -0.2) is 31.7 Å². The number of hydrazone groups is 1. The Morgan fingerprint density at radius 2 is 1.71 bits per heavy atom. The molecule has 0 aliphatic rings. The summed E-state index contributed by atoms with van der Waals surface area (Å²) in [5, 5.41) is 4.26. The summed E-state index contributed by atoms with van der Waals surface area (Å²) in [6, 6.07) is 17.5. The summed E-state index contributed by atoms with van der Waals surface area (Å²) in [4.78, 5) is 23.4. The van der Waals surface area contributed by atoms with Gasteiger partial charge in [0.1, 0.15) is 6.61 Å². The lowest BCUT2D eigenvalue weighted by Gasteiger charge is -2.12. The van der Waals surface area contributed by atoms with E-state index < -0.39 is 11.8 Å². The van der Waals surface area contributed by atoms with Crippen molar-refractivity contribution in [2.24, 2.45) is 10.8 Å². The topological polar surface area (TPSA) is 112 Å². The van der Waals surface area contributed by atoms with Crippen molar-refractivity contribution in [3.63, 3.8) is 0 Å². The van der Waals surface area contributed by atoms with Crippen LogP contribution < -0.4 is 25.4 Å². The average molecular weight is 502 g/mol. The van der Waals surface area contributed by atoms with Crippen molar-refractivity contribution in [3.8, 4) is 17.2 Å². The SMILES string of the molecule is COc1cc(C(=O)N/N=C/c2cc(Cl)c(OCC(N)=O)c(Cl)c2)ccc1OCc1ccccc1. The lowest BCUT2D eigenvalue weighted by Crippen LogP contribution is -2.20. The number of nitrogens with zero attached hydrogens (tertiary/aromatic N) is 1. The quantitative estimate of drug-likeness (QED) is 0.319. The minimum absolute atomic E-state index is 0.130. The number of nitrogens with two attached hydrogens (primary N) is 1. The number of nitrogens with one attached hydrogen (secondary N) is 1. The van der Waals surface area contributed by atoms with Crippen molar-refractivity contribution >= 4 is 41.2 Å². The van der Waals surface area contributed by atoms with Crippen molar-refractivity contribution in [3.05, 3.63) is 87.4 Å². The number of ether oxygens (including phenoxy) is 3. The van der Waals surface area contributed by atoms with E-state index in [1.165, 1.54) is 25.5 Å². The maximum atomic E-state index is 12.5. The molecule has 0 unspecified atom stereocenters. The standard InChI is InChI=1S/C24H21Cl2N3O5/c1-32-21-11-17(7-8-20(21)33-13-15-5-3-2-4-6-15)24(31)29-28-12-16-9-18(25)23(19(26)10-16)34-14-22(27)30/h2-12H,13-14H2,1H3,(H2,27,30)(H,29,31)/b28-12+. The summed E-state index contributed by atoms with van der Waals surface area (Å²) >= 11 is 12.3. The number of carbonyl (C=O) groups excluding carboxylic acids is 2. The molecule has 3 aromatic rings. The monoisotopic (exact) mass is 501 g/mol. The number of carbonyl (C=O) groups is 2. The molecule has 0 aliphatic heterocycles. The van der Waals surface area contributed by atoms with E-state index in [1.54, 1.807) is 18.2 Å². The van der Waals surface area contributed by atoms with Crippen LogP contribution in [0.15, 0.2) is 65.8 Å². The van der Waals surface area contributed by atoms with Crippen LogP contribution in [0.1, 0.15) is 21.5 Å². The van der Waals surface area contributed by atoms with Gasteiger partial charge in [0.2, 0.25) is 0 Å². The summed E-state index contributed by atoms with van der Waals surface area (Å²) in [6.45, 7) is 0.00694. The first-order valence-corrected chi connectivity index (χ1v) is 10.7. The van der Waals surface area contributed by atoms with Crippen LogP contribution in [0.25, 0.3) is 0 Å². The van der Waals surface area contributed by atoms with Crippen LogP contribution in [-0.2, 0) is 11.4 Å². The molecule has 2 amide bonds. The number of amides is 2. The van der Waals surface area contributed by atoms with E-state index in [9.17, 15) is 9.59 Å². The summed E-state index contributed by atoms with van der Waals surface area (Å²) in [5.41, 5.74) is 9.31. The van der Waals surface area contributed by atoms with Gasteiger partial charge in [0.25, 0.3) is 11.8 Å². The van der Waals surface area contributed by atoms with E-state index in [-0.39, 0.29) is 22.4 Å². The minimum atomic E-state index is -0.659. The summed E-state index contributed by atoms with van der Waals surface area (Å²) in [5.74, 6) is -0.0623. The van der Waals surface area contributed by atoms with Crippen molar-refractivity contribution in [1.82, 2.24) is 5.43 Å². The van der Waals surface area contributed by atoms with Gasteiger partial charge in [0.05, 0.1) is 23.4 Å². The molecule has 0 atom stereocenters. The van der Waals surface area contributed by atoms with Gasteiger partial charge < -0.3 is 19.9 Å². The van der Waals surface area contributed by atoms with Gasteiger partial charge in [-0.15, -0.1) is 0 Å². The van der Waals surface area contributed by atoms with E-state index in [2.05, 4.69) is 10.5 Å². The molecule has 0 radical (unpaired) electrons. The Hall–Kier alpha value is -3.75. The minimum Gasteiger partial charge on any atom is -0.493 e. The van der Waals surface area contributed by atoms with Crippen LogP contribution in [0.5, 0.6) is 17.2 Å². The van der Waals surface area contributed by atoms with Gasteiger partial charge in [-0.1, -0.05) is 53.5 Å². The highest BCUT2D eigenvalue weighted by Gasteiger charge is 2.12. The maximum Gasteiger partial charge on any atom is 0.271 e. The van der Waals surface area contributed by atoms with Crippen molar-refractivity contribution in [1.29, 1.82) is 0 Å². The molecule has 34 heavy (non-hydrogen) atoms. The van der Waals surface area contributed by atoms with E-state index in [1.807, 2.05) is 30.3 Å². The molecule has 0 spiro atoms. The zero-order valence-electron chi connectivity index (χ0n) is 18.1. The third-order valence-corrected chi connectivity index (χ3v) is 4.98. The van der Waals surface area contributed by atoms with Gasteiger partial charge in [-0.3, -0.25) is 9.59 Å². The highest BCUT2D eigenvalue weighted by atomic mass is 35.5. The molecule has 3 N–H and O–H groups in total. The van der Waals surface area contributed by atoms with Gasteiger partial charge in [0.15, 0.2) is 23.9 Å². The van der Waals surface area contributed by atoms with Crippen LogP contribution in [0.2, 0.25) is 10.0 Å². The van der Waals surface area contributed by atoms with Crippen molar-refractivity contribution in [2.75, 3.05) is 13.7 Å².